The van der Waals surface area contributed by atoms with Gasteiger partial charge in [-0.3, -0.25) is 14.4 Å². The number of likely N-dealkylation sites (tertiary alicyclic amines) is 1. The summed E-state index contributed by atoms with van der Waals surface area (Å²) in [5.74, 6) is 0.437. The van der Waals surface area contributed by atoms with E-state index in [1.54, 1.807) is 47.4 Å². The quantitative estimate of drug-likeness (QED) is 0.677. The molecule has 1 aliphatic rings. The molecule has 3 aromatic rings. The first-order chi connectivity index (χ1) is 15.0. The fourth-order valence-electron chi connectivity index (χ4n) is 3.63. The molecule has 2 amide bonds. The molecule has 0 saturated carbocycles. The van der Waals surface area contributed by atoms with E-state index in [0.29, 0.717) is 54.0 Å². The number of benzene rings is 2. The van der Waals surface area contributed by atoms with Crippen LogP contribution >= 0.6 is 0 Å². The average Bonchev–Trinajstić information content (AvgIpc) is 2.80. The van der Waals surface area contributed by atoms with Gasteiger partial charge in [-0.1, -0.05) is 0 Å². The van der Waals surface area contributed by atoms with Gasteiger partial charge in [0.25, 0.3) is 5.91 Å². The normalized spacial score (nSPS) is 14.4. The van der Waals surface area contributed by atoms with Crippen molar-refractivity contribution in [3.63, 3.8) is 0 Å². The molecule has 2 heterocycles. The second-order valence-corrected chi connectivity index (χ2v) is 7.39. The molecule has 0 bridgehead atoms. The Bertz CT molecular complexity index is 1180. The van der Waals surface area contributed by atoms with E-state index in [-0.39, 0.29) is 28.9 Å². The van der Waals surface area contributed by atoms with Crippen molar-refractivity contribution in [3.8, 4) is 17.2 Å². The Morgan fingerprint density at radius 1 is 1.06 bits per heavy atom. The number of amides is 2. The van der Waals surface area contributed by atoms with Crippen molar-refractivity contribution < 1.29 is 23.5 Å². The Labute approximate surface area is 178 Å². The van der Waals surface area contributed by atoms with Crippen molar-refractivity contribution in [2.75, 3.05) is 20.2 Å². The summed E-state index contributed by atoms with van der Waals surface area (Å²) in [5.41, 5.74) is 5.94. The van der Waals surface area contributed by atoms with Crippen LogP contribution in [0.5, 0.6) is 17.2 Å². The number of ether oxygens (including phenoxy) is 2. The zero-order chi connectivity index (χ0) is 22.0. The number of rotatable bonds is 5. The van der Waals surface area contributed by atoms with Crippen molar-refractivity contribution in [2.24, 2.45) is 11.7 Å². The maximum absolute atomic E-state index is 12.7. The summed E-state index contributed by atoms with van der Waals surface area (Å²) in [7, 11) is 1.54. The van der Waals surface area contributed by atoms with Crippen LogP contribution in [0.15, 0.2) is 57.9 Å². The van der Waals surface area contributed by atoms with Crippen LogP contribution in [0, 0.1) is 5.92 Å². The third kappa shape index (κ3) is 4.23. The van der Waals surface area contributed by atoms with Crippen LogP contribution in [0.2, 0.25) is 0 Å². The van der Waals surface area contributed by atoms with Crippen molar-refractivity contribution in [1.29, 1.82) is 0 Å². The van der Waals surface area contributed by atoms with Crippen LogP contribution in [0.1, 0.15) is 23.2 Å². The minimum absolute atomic E-state index is 0.0465. The van der Waals surface area contributed by atoms with Gasteiger partial charge in [-0.25, -0.2) is 0 Å². The van der Waals surface area contributed by atoms with E-state index < -0.39 is 0 Å². The van der Waals surface area contributed by atoms with Crippen LogP contribution in [-0.4, -0.2) is 36.9 Å². The SMILES string of the molecule is COc1ccc2c(=O)c(Oc3ccc(C(=O)N4CCC(C(N)=O)CC4)cc3)coc2c1. The number of methoxy groups -OCH3 is 1. The number of carbonyl (C=O) groups excluding carboxylic acids is 2. The fourth-order valence-corrected chi connectivity index (χ4v) is 3.63. The second kappa shape index (κ2) is 8.51. The maximum Gasteiger partial charge on any atom is 0.253 e. The van der Waals surface area contributed by atoms with Gasteiger partial charge >= 0.3 is 0 Å². The van der Waals surface area contributed by atoms with E-state index in [9.17, 15) is 14.4 Å². The highest BCUT2D eigenvalue weighted by atomic mass is 16.5. The summed E-state index contributed by atoms with van der Waals surface area (Å²) in [6.45, 7) is 0.987. The molecule has 160 valence electrons. The third-order valence-corrected chi connectivity index (χ3v) is 5.46. The molecule has 0 unspecified atom stereocenters. The monoisotopic (exact) mass is 422 g/mol. The van der Waals surface area contributed by atoms with Gasteiger partial charge in [0.15, 0.2) is 0 Å². The first-order valence-corrected chi connectivity index (χ1v) is 9.92. The van der Waals surface area contributed by atoms with Crippen LogP contribution in [0.3, 0.4) is 0 Å². The van der Waals surface area contributed by atoms with Crippen LogP contribution in [0.25, 0.3) is 11.0 Å². The number of hydrogen-bond acceptors (Lipinski definition) is 6. The predicted molar refractivity (Wildman–Crippen MR) is 113 cm³/mol. The minimum atomic E-state index is -0.314. The summed E-state index contributed by atoms with van der Waals surface area (Å²) in [5, 5.41) is 0.379. The number of hydrogen-bond donors (Lipinski definition) is 1. The number of primary amides is 1. The zero-order valence-corrected chi connectivity index (χ0v) is 17.0. The highest BCUT2D eigenvalue weighted by molar-refractivity contribution is 5.94. The fraction of sp³-hybridized carbons (Fsp3) is 0.261. The third-order valence-electron chi connectivity index (χ3n) is 5.46. The number of fused-ring (bicyclic) bond motifs is 1. The van der Waals surface area contributed by atoms with Crippen LogP contribution < -0.4 is 20.6 Å². The molecule has 2 N–H and O–H groups in total. The molecule has 1 aromatic heterocycles. The standard InChI is InChI=1S/C23H22N2O6/c1-29-17-6-7-18-19(12-17)30-13-20(21(18)26)31-16-4-2-15(3-5-16)23(28)25-10-8-14(9-11-25)22(24)27/h2-7,12-14H,8-11H2,1H3,(H2,24,27). The molecule has 0 aliphatic carbocycles. The summed E-state index contributed by atoms with van der Waals surface area (Å²) < 4.78 is 16.3. The van der Waals surface area contributed by atoms with Crippen molar-refractivity contribution in [3.05, 3.63) is 64.5 Å². The lowest BCUT2D eigenvalue weighted by Crippen LogP contribution is -2.41. The molecule has 8 heteroatoms. The molecule has 0 spiro atoms. The molecule has 1 saturated heterocycles. The zero-order valence-electron chi connectivity index (χ0n) is 17.0. The highest BCUT2D eigenvalue weighted by Gasteiger charge is 2.26. The van der Waals surface area contributed by atoms with Crippen molar-refractivity contribution in [1.82, 2.24) is 4.90 Å². The van der Waals surface area contributed by atoms with E-state index >= 15 is 0 Å². The molecule has 0 radical (unpaired) electrons. The van der Waals surface area contributed by atoms with Gasteiger partial charge < -0.3 is 24.5 Å². The van der Waals surface area contributed by atoms with E-state index in [4.69, 9.17) is 19.6 Å². The van der Waals surface area contributed by atoms with Crippen molar-refractivity contribution in [2.45, 2.75) is 12.8 Å². The minimum Gasteiger partial charge on any atom is -0.497 e. The van der Waals surface area contributed by atoms with E-state index in [0.717, 1.165) is 0 Å². The smallest absolute Gasteiger partial charge is 0.253 e. The maximum atomic E-state index is 12.7. The lowest BCUT2D eigenvalue weighted by atomic mass is 9.96. The molecule has 2 aromatic carbocycles. The van der Waals surface area contributed by atoms with Gasteiger partial charge in [0.05, 0.1) is 12.5 Å². The summed E-state index contributed by atoms with van der Waals surface area (Å²) in [4.78, 5) is 38.4. The van der Waals surface area contributed by atoms with E-state index in [1.165, 1.54) is 13.4 Å². The van der Waals surface area contributed by atoms with Gasteiger partial charge in [0.2, 0.25) is 17.1 Å². The summed E-state index contributed by atoms with van der Waals surface area (Å²) >= 11 is 0. The Kier molecular flexibility index (Phi) is 5.62. The Balaban J connectivity index is 1.46. The molecule has 4 rings (SSSR count). The molecular formula is C23H22N2O6. The van der Waals surface area contributed by atoms with Crippen LogP contribution in [-0.2, 0) is 4.79 Å². The van der Waals surface area contributed by atoms with Gasteiger partial charge in [-0.2, -0.15) is 0 Å². The Morgan fingerprint density at radius 2 is 1.74 bits per heavy atom. The number of piperidine rings is 1. The highest BCUT2D eigenvalue weighted by Crippen LogP contribution is 2.25. The largest absolute Gasteiger partial charge is 0.497 e. The number of nitrogens with zero attached hydrogens (tertiary/aromatic N) is 1. The van der Waals surface area contributed by atoms with Gasteiger partial charge in [-0.05, 0) is 49.2 Å². The second-order valence-electron chi connectivity index (χ2n) is 7.39. The molecule has 1 aliphatic heterocycles. The van der Waals surface area contributed by atoms with Crippen LogP contribution in [0.4, 0.5) is 0 Å². The Hall–Kier alpha value is -3.81. The Morgan fingerprint density at radius 3 is 2.39 bits per heavy atom. The average molecular weight is 422 g/mol. The lowest BCUT2D eigenvalue weighted by molar-refractivity contribution is -0.123. The summed E-state index contributed by atoms with van der Waals surface area (Å²) in [6.07, 6.45) is 2.41. The van der Waals surface area contributed by atoms with Gasteiger partial charge in [0.1, 0.15) is 23.3 Å². The molecule has 8 nitrogen and oxygen atoms in total. The first-order valence-electron chi connectivity index (χ1n) is 9.92. The first kappa shape index (κ1) is 20.5. The predicted octanol–water partition coefficient (Wildman–Crippen LogP) is 2.93. The molecule has 0 atom stereocenters. The lowest BCUT2D eigenvalue weighted by Gasteiger charge is -2.30. The van der Waals surface area contributed by atoms with E-state index in [2.05, 4.69) is 0 Å². The van der Waals surface area contributed by atoms with E-state index in [1.807, 2.05) is 0 Å². The number of nitrogens with two attached hydrogens (primary N) is 1. The van der Waals surface area contributed by atoms with Crippen molar-refractivity contribution >= 4 is 22.8 Å². The molecular weight excluding hydrogens is 400 g/mol. The molecule has 1 fully saturated rings. The van der Waals surface area contributed by atoms with Gasteiger partial charge in [0, 0.05) is 30.6 Å². The topological polar surface area (TPSA) is 112 Å². The summed E-state index contributed by atoms with van der Waals surface area (Å²) in [6, 6.07) is 11.5. The number of carbonyl (C=O) groups is 2. The van der Waals surface area contributed by atoms with Gasteiger partial charge in [-0.15, -0.1) is 0 Å². The molecule has 31 heavy (non-hydrogen) atoms.